The molecule has 0 aliphatic carbocycles. The van der Waals surface area contributed by atoms with Gasteiger partial charge < -0.3 is 24.0 Å². The summed E-state index contributed by atoms with van der Waals surface area (Å²) in [5.41, 5.74) is 3.43. The van der Waals surface area contributed by atoms with Crippen LogP contribution >= 0.6 is 0 Å². The lowest BCUT2D eigenvalue weighted by atomic mass is 9.96. The second-order valence-corrected chi connectivity index (χ2v) is 9.85. The molecule has 1 aliphatic heterocycles. The molecule has 4 rings (SSSR count). The number of aliphatic hydroxyl groups excluding tert-OH is 1. The van der Waals surface area contributed by atoms with Crippen molar-refractivity contribution in [2.24, 2.45) is 0 Å². The third-order valence-corrected chi connectivity index (χ3v) is 6.79. The number of nitrogens with zero attached hydrogens (tertiary/aromatic N) is 4. The van der Waals surface area contributed by atoms with Crippen LogP contribution in [0.2, 0.25) is 0 Å². The van der Waals surface area contributed by atoms with E-state index in [0.29, 0.717) is 42.4 Å². The van der Waals surface area contributed by atoms with E-state index in [1.54, 1.807) is 4.90 Å². The van der Waals surface area contributed by atoms with Crippen LogP contribution in [0.3, 0.4) is 0 Å². The highest BCUT2D eigenvalue weighted by Gasteiger charge is 2.46. The molecule has 1 amide bonds. The van der Waals surface area contributed by atoms with Gasteiger partial charge in [-0.3, -0.25) is 9.59 Å². The Labute approximate surface area is 218 Å². The van der Waals surface area contributed by atoms with E-state index in [0.717, 1.165) is 30.5 Å². The van der Waals surface area contributed by atoms with Crippen molar-refractivity contribution < 1.29 is 19.4 Å². The molecule has 1 atom stereocenters. The summed E-state index contributed by atoms with van der Waals surface area (Å²) in [5, 5.41) is 11.6. The number of ether oxygens (including phenoxy) is 1. The number of pyridine rings is 1. The lowest BCUT2D eigenvalue weighted by Gasteiger charge is -2.26. The van der Waals surface area contributed by atoms with Crippen LogP contribution in [0.1, 0.15) is 54.7 Å². The fourth-order valence-corrected chi connectivity index (χ4v) is 4.80. The molecule has 1 aromatic carbocycles. The Bertz CT molecular complexity index is 1340. The third-order valence-electron chi connectivity index (χ3n) is 6.79. The smallest absolute Gasteiger partial charge is 0.295 e. The second-order valence-electron chi connectivity index (χ2n) is 9.85. The second kappa shape index (κ2) is 11.2. The number of unbranched alkanes of at least 4 members (excludes halogenated alkanes) is 1. The van der Waals surface area contributed by atoms with Crippen molar-refractivity contribution in [1.82, 2.24) is 19.2 Å². The van der Waals surface area contributed by atoms with Crippen molar-refractivity contribution in [3.63, 3.8) is 0 Å². The molecule has 3 aromatic rings. The van der Waals surface area contributed by atoms with E-state index in [4.69, 9.17) is 4.74 Å². The van der Waals surface area contributed by atoms with Gasteiger partial charge in [-0.05, 0) is 76.7 Å². The Balaban J connectivity index is 1.83. The number of likely N-dealkylation sites (tertiary alicyclic amines) is 1. The minimum atomic E-state index is -0.734. The fraction of sp³-hybridized carbons (Fsp3) is 0.414. The summed E-state index contributed by atoms with van der Waals surface area (Å²) in [6.45, 7) is 7.62. The van der Waals surface area contributed by atoms with Gasteiger partial charge in [0.25, 0.3) is 11.7 Å². The molecule has 1 fully saturated rings. The van der Waals surface area contributed by atoms with Gasteiger partial charge >= 0.3 is 0 Å². The van der Waals surface area contributed by atoms with E-state index in [-0.39, 0.29) is 11.3 Å². The van der Waals surface area contributed by atoms with E-state index in [2.05, 4.69) is 11.9 Å². The lowest BCUT2D eigenvalue weighted by Crippen LogP contribution is -2.32. The van der Waals surface area contributed by atoms with Gasteiger partial charge in [-0.25, -0.2) is 4.98 Å². The van der Waals surface area contributed by atoms with Crippen molar-refractivity contribution in [2.45, 2.75) is 46.1 Å². The van der Waals surface area contributed by atoms with Gasteiger partial charge in [-0.1, -0.05) is 31.5 Å². The van der Waals surface area contributed by atoms with Crippen molar-refractivity contribution >= 4 is 23.1 Å². The molecule has 8 heteroatoms. The Hall–Kier alpha value is -3.65. The maximum absolute atomic E-state index is 13.4. The normalized spacial score (nSPS) is 17.4. The van der Waals surface area contributed by atoms with E-state index < -0.39 is 17.7 Å². The number of aromatic nitrogens is 2. The van der Waals surface area contributed by atoms with Crippen molar-refractivity contribution in [3.05, 3.63) is 70.7 Å². The summed E-state index contributed by atoms with van der Waals surface area (Å²) in [6.07, 6.45) is 4.51. The summed E-state index contributed by atoms with van der Waals surface area (Å²) in [5.74, 6) is -0.890. The number of Topliss-reactive ketones (excluding diaryl/α,β-unsaturated/α-hetero) is 1. The van der Waals surface area contributed by atoms with Crippen LogP contribution in [0, 0.1) is 13.8 Å². The summed E-state index contributed by atoms with van der Waals surface area (Å²) < 4.78 is 7.80. The maximum Gasteiger partial charge on any atom is 0.295 e. The number of aliphatic hydroxyl groups is 1. The number of hydrogen-bond donors (Lipinski definition) is 1. The van der Waals surface area contributed by atoms with Gasteiger partial charge in [-0.2, -0.15) is 0 Å². The van der Waals surface area contributed by atoms with Gasteiger partial charge in [0, 0.05) is 12.7 Å². The highest BCUT2D eigenvalue weighted by Crippen LogP contribution is 2.40. The van der Waals surface area contributed by atoms with E-state index in [9.17, 15) is 14.7 Å². The van der Waals surface area contributed by atoms with Crippen molar-refractivity contribution in [1.29, 1.82) is 0 Å². The maximum atomic E-state index is 13.4. The number of carbonyl (C=O) groups excluding carboxylic acids is 2. The standard InChI is InChI=1S/C29H36N4O4/c1-6-7-17-37-22-13-8-12-21(18-22)25-23(27(35)29(36)33(25)16-10-14-31(4)5)26(34)24-20(3)32-15-9-11-19(2)28(32)30-24/h8-9,11-13,15,18,25,34H,6-7,10,14,16-17H2,1-5H3. The predicted octanol–water partition coefficient (Wildman–Crippen LogP) is 4.50. The quantitative estimate of drug-likeness (QED) is 0.189. The average molecular weight is 505 g/mol. The number of aryl methyl sites for hydroxylation is 2. The summed E-state index contributed by atoms with van der Waals surface area (Å²) in [4.78, 5) is 35.0. The first-order valence-electron chi connectivity index (χ1n) is 12.8. The summed E-state index contributed by atoms with van der Waals surface area (Å²) in [7, 11) is 3.94. The molecule has 0 saturated carbocycles. The van der Waals surface area contributed by atoms with Crippen molar-refractivity contribution in [3.8, 4) is 5.75 Å². The van der Waals surface area contributed by atoms with Crippen LogP contribution in [0.15, 0.2) is 48.2 Å². The van der Waals surface area contributed by atoms with E-state index in [1.807, 2.05) is 79.8 Å². The van der Waals surface area contributed by atoms with Crippen LogP contribution < -0.4 is 4.74 Å². The van der Waals surface area contributed by atoms with Crippen LogP contribution in [-0.4, -0.2) is 69.8 Å². The molecule has 0 radical (unpaired) electrons. The van der Waals surface area contributed by atoms with Gasteiger partial charge in [-0.15, -0.1) is 0 Å². The van der Waals surface area contributed by atoms with Gasteiger partial charge in [0.1, 0.15) is 17.1 Å². The Morgan fingerprint density at radius 1 is 1.14 bits per heavy atom. The molecule has 196 valence electrons. The zero-order valence-corrected chi connectivity index (χ0v) is 22.3. The third kappa shape index (κ3) is 5.25. The monoisotopic (exact) mass is 504 g/mol. The fourth-order valence-electron chi connectivity index (χ4n) is 4.80. The minimum absolute atomic E-state index is 0.0599. The average Bonchev–Trinajstić information content (AvgIpc) is 3.34. The van der Waals surface area contributed by atoms with Gasteiger partial charge in [0.2, 0.25) is 0 Å². The topological polar surface area (TPSA) is 87.4 Å². The number of fused-ring (bicyclic) bond motifs is 1. The molecule has 0 bridgehead atoms. The molecule has 2 aromatic heterocycles. The Morgan fingerprint density at radius 3 is 2.62 bits per heavy atom. The molecule has 0 spiro atoms. The predicted molar refractivity (Wildman–Crippen MR) is 144 cm³/mol. The molecule has 8 nitrogen and oxygen atoms in total. The molecule has 1 unspecified atom stereocenters. The largest absolute Gasteiger partial charge is 0.505 e. The number of benzene rings is 1. The number of ketones is 1. The summed E-state index contributed by atoms with van der Waals surface area (Å²) >= 11 is 0. The first kappa shape index (κ1) is 26.4. The molecule has 37 heavy (non-hydrogen) atoms. The zero-order valence-electron chi connectivity index (χ0n) is 22.3. The molecular formula is C29H36N4O4. The number of imidazole rings is 1. The van der Waals surface area contributed by atoms with Gasteiger partial charge in [0.05, 0.1) is 23.9 Å². The number of carbonyl (C=O) groups is 2. The molecule has 1 N–H and O–H groups in total. The lowest BCUT2D eigenvalue weighted by molar-refractivity contribution is -0.139. The highest BCUT2D eigenvalue weighted by atomic mass is 16.5. The SMILES string of the molecule is CCCCOc1cccc(C2C(=C(O)c3nc4c(C)cccn4c3C)C(=O)C(=O)N2CCCN(C)C)c1. The Kier molecular flexibility index (Phi) is 7.97. The van der Waals surface area contributed by atoms with E-state index in [1.165, 1.54) is 0 Å². The summed E-state index contributed by atoms with van der Waals surface area (Å²) in [6, 6.07) is 10.6. The van der Waals surface area contributed by atoms with Crippen LogP contribution in [0.25, 0.3) is 11.4 Å². The molecular weight excluding hydrogens is 468 g/mol. The van der Waals surface area contributed by atoms with E-state index >= 15 is 0 Å². The zero-order chi connectivity index (χ0) is 26.7. The number of hydrogen-bond acceptors (Lipinski definition) is 6. The van der Waals surface area contributed by atoms with Gasteiger partial charge in [0.15, 0.2) is 5.76 Å². The van der Waals surface area contributed by atoms with Crippen LogP contribution in [-0.2, 0) is 9.59 Å². The molecule has 3 heterocycles. The molecule has 1 aliphatic rings. The van der Waals surface area contributed by atoms with Crippen molar-refractivity contribution in [2.75, 3.05) is 33.8 Å². The first-order chi connectivity index (χ1) is 17.7. The number of rotatable bonds is 10. The van der Waals surface area contributed by atoms with Crippen LogP contribution in [0.5, 0.6) is 5.75 Å². The first-order valence-corrected chi connectivity index (χ1v) is 12.8. The van der Waals surface area contributed by atoms with Crippen LogP contribution in [0.4, 0.5) is 0 Å². The highest BCUT2D eigenvalue weighted by molar-refractivity contribution is 6.46. The minimum Gasteiger partial charge on any atom is -0.505 e. The Morgan fingerprint density at radius 2 is 1.92 bits per heavy atom. The number of amides is 1. The molecule has 1 saturated heterocycles.